The molecule has 0 aromatic heterocycles. The third-order valence-electron chi connectivity index (χ3n) is 4.20. The van der Waals surface area contributed by atoms with Gasteiger partial charge in [0.05, 0.1) is 10.6 Å². The van der Waals surface area contributed by atoms with E-state index in [1.165, 1.54) is 0 Å². The van der Waals surface area contributed by atoms with Crippen molar-refractivity contribution in [1.29, 1.82) is 0 Å². The Hall–Kier alpha value is -1.59. The van der Waals surface area contributed by atoms with Gasteiger partial charge in [0.25, 0.3) is 5.91 Å². The van der Waals surface area contributed by atoms with Crippen LogP contribution in [-0.4, -0.2) is 24.4 Å². The van der Waals surface area contributed by atoms with Crippen molar-refractivity contribution in [2.45, 2.75) is 45.1 Å². The summed E-state index contributed by atoms with van der Waals surface area (Å²) in [6, 6.07) is 5.05. The Morgan fingerprint density at radius 1 is 1.35 bits per heavy atom. The number of hydrogen-bond donors (Lipinski definition) is 3. The lowest BCUT2D eigenvalue weighted by atomic mass is 10.00. The van der Waals surface area contributed by atoms with Gasteiger partial charge in [0.1, 0.15) is 0 Å². The minimum atomic E-state index is -0.202. The molecule has 4 N–H and O–H groups in total. The third-order valence-corrected chi connectivity index (χ3v) is 4.51. The summed E-state index contributed by atoms with van der Waals surface area (Å²) in [7, 11) is 0. The molecule has 126 valence electrons. The topological polar surface area (TPSA) is 84.2 Å². The number of nitrogens with two attached hydrogens (primary N) is 1. The van der Waals surface area contributed by atoms with Crippen LogP contribution in [0.5, 0.6) is 0 Å². The summed E-state index contributed by atoms with van der Waals surface area (Å²) in [6.07, 6.45) is 4.38. The zero-order valence-corrected chi connectivity index (χ0v) is 14.2. The second kappa shape index (κ2) is 8.31. The molecule has 23 heavy (non-hydrogen) atoms. The first-order valence-corrected chi connectivity index (χ1v) is 8.52. The number of carbonyl (C=O) groups excluding carboxylic acids is 2. The smallest absolute Gasteiger partial charge is 0.252 e. The van der Waals surface area contributed by atoms with E-state index in [1.807, 2.05) is 6.92 Å². The minimum Gasteiger partial charge on any atom is -0.352 e. The predicted octanol–water partition coefficient (Wildman–Crippen LogP) is 2.94. The molecule has 0 unspecified atom stereocenters. The average Bonchev–Trinajstić information content (AvgIpc) is 2.90. The molecule has 1 aliphatic rings. The fraction of sp³-hybridized carbons (Fsp3) is 0.529. The highest BCUT2D eigenvalue weighted by Crippen LogP contribution is 2.27. The van der Waals surface area contributed by atoms with Crippen molar-refractivity contribution < 1.29 is 9.59 Å². The van der Waals surface area contributed by atoms with Crippen molar-refractivity contribution in [3.63, 3.8) is 0 Å². The Labute approximate surface area is 142 Å². The maximum Gasteiger partial charge on any atom is 0.252 e. The van der Waals surface area contributed by atoms with Gasteiger partial charge in [-0.1, -0.05) is 24.9 Å². The number of amides is 2. The van der Waals surface area contributed by atoms with Crippen LogP contribution in [-0.2, 0) is 4.79 Å². The maximum atomic E-state index is 12.1. The first-order chi connectivity index (χ1) is 11.0. The molecule has 6 heteroatoms. The van der Waals surface area contributed by atoms with Gasteiger partial charge in [-0.05, 0) is 43.4 Å². The number of nitrogens with one attached hydrogen (secondary N) is 2. The molecule has 0 spiro atoms. The predicted molar refractivity (Wildman–Crippen MR) is 92.6 cm³/mol. The lowest BCUT2D eigenvalue weighted by Crippen LogP contribution is -2.28. The molecule has 1 aliphatic carbocycles. The molecule has 1 aromatic rings. The quantitative estimate of drug-likeness (QED) is 0.746. The van der Waals surface area contributed by atoms with E-state index in [0.29, 0.717) is 29.2 Å². The molecule has 5 nitrogen and oxygen atoms in total. The van der Waals surface area contributed by atoms with Crippen molar-refractivity contribution in [2.24, 2.45) is 11.7 Å². The summed E-state index contributed by atoms with van der Waals surface area (Å²) in [4.78, 5) is 24.0. The highest BCUT2D eigenvalue weighted by atomic mass is 35.5. The first-order valence-electron chi connectivity index (χ1n) is 8.14. The van der Waals surface area contributed by atoms with E-state index in [-0.39, 0.29) is 23.8 Å². The third kappa shape index (κ3) is 4.94. The van der Waals surface area contributed by atoms with E-state index >= 15 is 0 Å². The largest absolute Gasteiger partial charge is 0.352 e. The molecule has 0 heterocycles. The van der Waals surface area contributed by atoms with E-state index in [1.54, 1.807) is 18.2 Å². The molecular weight excluding hydrogens is 314 g/mol. The van der Waals surface area contributed by atoms with Crippen molar-refractivity contribution in [3.8, 4) is 0 Å². The lowest BCUT2D eigenvalue weighted by Gasteiger charge is -2.15. The van der Waals surface area contributed by atoms with Crippen molar-refractivity contribution >= 4 is 29.1 Å². The molecule has 1 fully saturated rings. The van der Waals surface area contributed by atoms with Gasteiger partial charge >= 0.3 is 0 Å². The molecule has 1 saturated carbocycles. The standard InChI is InChI=1S/C17H24ClN3O2/c1-2-8-20-17(23)13-7-6-12(10-14(13)18)21-16(22)9-11-4-3-5-15(11)19/h6-7,10-11,15H,2-5,8-9,19H2,1H3,(H,20,23)(H,21,22)/t11-,15+/m0/s1. The van der Waals surface area contributed by atoms with Crippen LogP contribution in [0.15, 0.2) is 18.2 Å². The molecule has 2 rings (SSSR count). The van der Waals surface area contributed by atoms with Gasteiger partial charge in [0.2, 0.25) is 5.91 Å². The van der Waals surface area contributed by atoms with Gasteiger partial charge in [-0.2, -0.15) is 0 Å². The van der Waals surface area contributed by atoms with Crippen molar-refractivity contribution in [1.82, 2.24) is 5.32 Å². The van der Waals surface area contributed by atoms with E-state index in [0.717, 1.165) is 25.7 Å². The van der Waals surface area contributed by atoms with Crippen LogP contribution in [0.1, 0.15) is 49.4 Å². The molecular formula is C17H24ClN3O2. The van der Waals surface area contributed by atoms with Gasteiger partial charge < -0.3 is 16.4 Å². The second-order valence-corrected chi connectivity index (χ2v) is 6.46. The maximum absolute atomic E-state index is 12.1. The number of anilines is 1. The van der Waals surface area contributed by atoms with E-state index in [9.17, 15) is 9.59 Å². The second-order valence-electron chi connectivity index (χ2n) is 6.06. The molecule has 2 amide bonds. The van der Waals surface area contributed by atoms with Crippen LogP contribution in [0.2, 0.25) is 5.02 Å². The summed E-state index contributed by atoms with van der Waals surface area (Å²) >= 11 is 6.15. The van der Waals surface area contributed by atoms with Crippen molar-refractivity contribution in [3.05, 3.63) is 28.8 Å². The van der Waals surface area contributed by atoms with Gasteiger partial charge in [-0.25, -0.2) is 0 Å². The summed E-state index contributed by atoms with van der Waals surface area (Å²) in [5, 5.41) is 5.93. The van der Waals surface area contributed by atoms with Crippen LogP contribution < -0.4 is 16.4 Å². The molecule has 0 saturated heterocycles. The van der Waals surface area contributed by atoms with Gasteiger partial charge in [0.15, 0.2) is 0 Å². The van der Waals surface area contributed by atoms with Crippen LogP contribution in [0.3, 0.4) is 0 Å². The number of carbonyl (C=O) groups is 2. The summed E-state index contributed by atoms with van der Waals surface area (Å²) in [5.41, 5.74) is 7.00. The molecule has 0 aliphatic heterocycles. The van der Waals surface area contributed by atoms with Crippen LogP contribution >= 0.6 is 11.6 Å². The Bertz CT molecular complexity index is 577. The van der Waals surface area contributed by atoms with Gasteiger partial charge in [-0.3, -0.25) is 9.59 Å². The van der Waals surface area contributed by atoms with Crippen LogP contribution in [0.25, 0.3) is 0 Å². The first kappa shape index (κ1) is 17.8. The molecule has 0 radical (unpaired) electrons. The average molecular weight is 338 g/mol. The van der Waals surface area contributed by atoms with Crippen molar-refractivity contribution in [2.75, 3.05) is 11.9 Å². The Morgan fingerprint density at radius 3 is 2.74 bits per heavy atom. The number of benzene rings is 1. The highest BCUT2D eigenvalue weighted by Gasteiger charge is 2.26. The minimum absolute atomic E-state index is 0.0633. The molecule has 2 atom stereocenters. The summed E-state index contributed by atoms with van der Waals surface area (Å²) in [5.74, 6) is -0.0113. The number of halogens is 1. The Morgan fingerprint density at radius 2 is 2.13 bits per heavy atom. The number of hydrogen-bond acceptors (Lipinski definition) is 3. The fourth-order valence-electron chi connectivity index (χ4n) is 2.88. The normalized spacial score (nSPS) is 20.3. The summed E-state index contributed by atoms with van der Waals surface area (Å²) in [6.45, 7) is 2.59. The lowest BCUT2D eigenvalue weighted by molar-refractivity contribution is -0.117. The van der Waals surface area contributed by atoms with E-state index < -0.39 is 0 Å². The van der Waals surface area contributed by atoms with E-state index in [2.05, 4.69) is 10.6 Å². The highest BCUT2D eigenvalue weighted by molar-refractivity contribution is 6.34. The SMILES string of the molecule is CCCNC(=O)c1ccc(NC(=O)C[C@@H]2CCC[C@H]2N)cc1Cl. The number of rotatable bonds is 6. The zero-order chi connectivity index (χ0) is 16.8. The van der Waals surface area contributed by atoms with Gasteiger partial charge in [-0.15, -0.1) is 0 Å². The zero-order valence-electron chi connectivity index (χ0n) is 13.4. The Kier molecular flexibility index (Phi) is 6.42. The monoisotopic (exact) mass is 337 g/mol. The summed E-state index contributed by atoms with van der Waals surface area (Å²) < 4.78 is 0. The van der Waals surface area contributed by atoms with Crippen LogP contribution in [0, 0.1) is 5.92 Å². The molecule has 1 aromatic carbocycles. The van der Waals surface area contributed by atoms with E-state index in [4.69, 9.17) is 17.3 Å². The molecule has 0 bridgehead atoms. The van der Waals surface area contributed by atoms with Gasteiger partial charge in [0, 0.05) is 24.7 Å². The fourth-order valence-corrected chi connectivity index (χ4v) is 3.15. The Balaban J connectivity index is 1.94. The van der Waals surface area contributed by atoms with Crippen LogP contribution in [0.4, 0.5) is 5.69 Å².